The molecule has 0 N–H and O–H groups in total. The predicted molar refractivity (Wildman–Crippen MR) is 138 cm³/mol. The van der Waals surface area contributed by atoms with Crippen LogP contribution in [0, 0.1) is 11.3 Å². The zero-order valence-electron chi connectivity index (χ0n) is 18.0. The highest BCUT2D eigenvalue weighted by molar-refractivity contribution is 8.18. The van der Waals surface area contributed by atoms with Crippen LogP contribution in [-0.4, -0.2) is 11.3 Å². The number of oxime groups is 1. The minimum atomic E-state index is -4.15. The third kappa shape index (κ3) is 6.15. The highest BCUT2D eigenvalue weighted by Gasteiger charge is 2.34. The lowest BCUT2D eigenvalue weighted by Crippen LogP contribution is -2.03. The van der Waals surface area contributed by atoms with Crippen LogP contribution in [0.4, 0.5) is 0 Å². The summed E-state index contributed by atoms with van der Waals surface area (Å²) in [5.74, 6) is 0.634. The van der Waals surface area contributed by atoms with Gasteiger partial charge in [-0.3, -0.25) is 4.62 Å². The average molecular weight is 507 g/mol. The summed E-state index contributed by atoms with van der Waals surface area (Å²) in [7, 11) is -4.15. The van der Waals surface area contributed by atoms with Crippen LogP contribution in [-0.2, 0) is 9.19 Å². The summed E-state index contributed by atoms with van der Waals surface area (Å²) < 4.78 is 29.8. The molecule has 0 bridgehead atoms. The molecule has 0 unspecified atom stereocenters. The smallest absolute Gasteiger partial charge is 0.385 e. The number of thioether (sulfide) groups is 2. The Balaban J connectivity index is 1.54. The van der Waals surface area contributed by atoms with Crippen molar-refractivity contribution in [2.24, 2.45) is 5.16 Å². The Morgan fingerprint density at radius 3 is 2.03 bits per heavy atom. The third-order valence-corrected chi connectivity index (χ3v) is 7.35. The number of phosphoric ester groups is 1. The summed E-state index contributed by atoms with van der Waals surface area (Å²) >= 11 is 2.87. The normalized spacial score (nSPS) is 15.6. The van der Waals surface area contributed by atoms with Crippen LogP contribution in [0.1, 0.15) is 5.56 Å². The first-order chi connectivity index (χ1) is 16.6. The topological polar surface area (TPSA) is 80.9 Å². The van der Waals surface area contributed by atoms with Gasteiger partial charge in [0.05, 0.1) is 5.57 Å². The molecule has 0 spiro atoms. The van der Waals surface area contributed by atoms with Crippen molar-refractivity contribution in [1.29, 1.82) is 5.26 Å². The predicted octanol–water partition coefficient (Wildman–Crippen LogP) is 7.54. The van der Waals surface area contributed by atoms with Gasteiger partial charge in [-0.2, -0.15) is 9.83 Å². The van der Waals surface area contributed by atoms with Gasteiger partial charge in [-0.1, -0.05) is 65.4 Å². The molecule has 9 heteroatoms. The lowest BCUT2D eigenvalue weighted by atomic mass is 10.1. The van der Waals surface area contributed by atoms with Crippen molar-refractivity contribution >= 4 is 42.0 Å². The highest BCUT2D eigenvalue weighted by Crippen LogP contribution is 2.50. The van der Waals surface area contributed by atoms with Crippen molar-refractivity contribution in [3.05, 3.63) is 108 Å². The first-order valence-corrected chi connectivity index (χ1v) is 13.6. The molecule has 0 atom stereocenters. The van der Waals surface area contributed by atoms with E-state index in [9.17, 15) is 9.83 Å². The molecule has 3 aromatic rings. The minimum absolute atomic E-state index is 0.317. The largest absolute Gasteiger partial charge is 0.668 e. The van der Waals surface area contributed by atoms with Crippen LogP contribution in [0.2, 0.25) is 0 Å². The fraction of sp³-hybridized carbons (Fsp3) is 0.0400. The number of rotatable bonds is 8. The quantitative estimate of drug-likeness (QED) is 0.135. The van der Waals surface area contributed by atoms with Gasteiger partial charge in [0.15, 0.2) is 0 Å². The van der Waals surface area contributed by atoms with Gasteiger partial charge in [0.2, 0.25) is 0 Å². The fourth-order valence-corrected chi connectivity index (χ4v) is 5.25. The standard InChI is InChI=1S/C25H19N2O4PS2/c1-33-22-14-12-19(13-15-22)23(18-26)24-16-17-25(34-24)27-31-32(28,29-20-8-4-2-5-9-20)30-21-10-6-3-7-11-21/h2-17H,1H3/b24-23-,27-25+. The van der Waals surface area contributed by atoms with E-state index in [1.165, 1.54) is 11.8 Å². The first-order valence-electron chi connectivity index (χ1n) is 10.1. The average Bonchev–Trinajstić information content (AvgIpc) is 3.34. The van der Waals surface area contributed by atoms with Gasteiger partial charge in [0.1, 0.15) is 22.6 Å². The van der Waals surface area contributed by atoms with Gasteiger partial charge in [-0.05, 0) is 60.4 Å². The van der Waals surface area contributed by atoms with Crippen LogP contribution < -0.4 is 9.05 Å². The van der Waals surface area contributed by atoms with Crippen LogP contribution >= 0.6 is 31.3 Å². The van der Waals surface area contributed by atoms with E-state index in [2.05, 4.69) is 11.2 Å². The van der Waals surface area contributed by atoms with E-state index in [1.807, 2.05) is 42.7 Å². The second kappa shape index (κ2) is 11.2. The van der Waals surface area contributed by atoms with E-state index in [0.29, 0.717) is 27.0 Å². The zero-order valence-corrected chi connectivity index (χ0v) is 20.6. The Morgan fingerprint density at radius 1 is 0.912 bits per heavy atom. The number of allylic oxidation sites excluding steroid dienone is 2. The van der Waals surface area contributed by atoms with Gasteiger partial charge in [0, 0.05) is 9.80 Å². The second-order valence-electron chi connectivity index (χ2n) is 6.78. The molecule has 4 rings (SSSR count). The van der Waals surface area contributed by atoms with E-state index in [4.69, 9.17) is 13.7 Å². The molecule has 0 fully saturated rings. The number of nitrogens with zero attached hydrogens (tertiary/aromatic N) is 2. The third-order valence-electron chi connectivity index (χ3n) is 4.48. The van der Waals surface area contributed by atoms with Gasteiger partial charge in [-0.25, -0.2) is 0 Å². The molecule has 0 aliphatic carbocycles. The SMILES string of the molecule is CSc1ccc(/C(C#N)=C2C=C/C(=N\OP(=O)(Oc3ccccc3)Oc3ccccc3)S/2)cc1. The Hall–Kier alpha value is -3.37. The Labute approximate surface area is 206 Å². The first kappa shape index (κ1) is 23.8. The van der Waals surface area contributed by atoms with Gasteiger partial charge in [0.25, 0.3) is 0 Å². The number of benzene rings is 3. The summed E-state index contributed by atoms with van der Waals surface area (Å²) in [6.07, 6.45) is 5.45. The van der Waals surface area contributed by atoms with Gasteiger partial charge in [-0.15, -0.1) is 11.8 Å². The molecule has 1 aliphatic rings. The molecule has 0 aromatic heterocycles. The van der Waals surface area contributed by atoms with Crippen molar-refractivity contribution < 1.29 is 18.2 Å². The molecule has 1 heterocycles. The summed E-state index contributed by atoms with van der Waals surface area (Å²) in [5, 5.41) is 14.1. The van der Waals surface area contributed by atoms with Crippen molar-refractivity contribution in [1.82, 2.24) is 0 Å². The maximum absolute atomic E-state index is 13.4. The molecule has 3 aromatic carbocycles. The maximum atomic E-state index is 13.4. The summed E-state index contributed by atoms with van der Waals surface area (Å²) in [6.45, 7) is 0. The molecule has 0 radical (unpaired) electrons. The number of para-hydroxylation sites is 2. The Bertz CT molecular complexity index is 1270. The summed E-state index contributed by atoms with van der Waals surface area (Å²) in [4.78, 5) is 1.83. The van der Waals surface area contributed by atoms with Crippen LogP contribution in [0.15, 0.2) is 112 Å². The van der Waals surface area contributed by atoms with E-state index < -0.39 is 7.82 Å². The van der Waals surface area contributed by atoms with Crippen LogP contribution in [0.3, 0.4) is 0 Å². The monoisotopic (exact) mass is 506 g/mol. The van der Waals surface area contributed by atoms with E-state index in [1.54, 1.807) is 72.4 Å². The maximum Gasteiger partial charge on any atom is 0.668 e. The van der Waals surface area contributed by atoms with E-state index in [0.717, 1.165) is 10.5 Å². The molecule has 0 saturated heterocycles. The minimum Gasteiger partial charge on any atom is -0.385 e. The molecular weight excluding hydrogens is 487 g/mol. The Kier molecular flexibility index (Phi) is 7.81. The van der Waals surface area contributed by atoms with Crippen molar-refractivity contribution in [2.75, 3.05) is 6.26 Å². The van der Waals surface area contributed by atoms with E-state index >= 15 is 0 Å². The van der Waals surface area contributed by atoms with E-state index in [-0.39, 0.29) is 0 Å². The lowest BCUT2D eigenvalue weighted by Gasteiger charge is -2.16. The molecule has 0 saturated carbocycles. The summed E-state index contributed by atoms with van der Waals surface area (Å²) in [5.41, 5.74) is 1.32. The van der Waals surface area contributed by atoms with Crippen molar-refractivity contribution in [2.45, 2.75) is 4.90 Å². The highest BCUT2D eigenvalue weighted by atomic mass is 32.2. The Morgan fingerprint density at radius 2 is 1.50 bits per heavy atom. The number of phosphoric acid groups is 1. The van der Waals surface area contributed by atoms with Crippen molar-refractivity contribution in [3.8, 4) is 17.6 Å². The molecule has 34 heavy (non-hydrogen) atoms. The fourth-order valence-electron chi connectivity index (χ4n) is 2.89. The molecule has 6 nitrogen and oxygen atoms in total. The van der Waals surface area contributed by atoms with Gasteiger partial charge >= 0.3 is 7.82 Å². The summed E-state index contributed by atoms with van der Waals surface area (Å²) in [6, 6.07) is 27.2. The van der Waals surface area contributed by atoms with Crippen LogP contribution in [0.5, 0.6) is 11.5 Å². The van der Waals surface area contributed by atoms with Crippen molar-refractivity contribution in [3.63, 3.8) is 0 Å². The molecule has 0 amide bonds. The molecule has 1 aliphatic heterocycles. The number of hydrogen-bond donors (Lipinski definition) is 0. The lowest BCUT2D eigenvalue weighted by molar-refractivity contribution is 0.219. The number of hydrogen-bond acceptors (Lipinski definition) is 8. The molecular formula is C25H19N2O4PS2. The molecule has 170 valence electrons. The second-order valence-corrected chi connectivity index (χ2v) is 10.1. The zero-order chi connectivity index (χ0) is 23.8. The number of nitriles is 1. The van der Waals surface area contributed by atoms with Gasteiger partial charge < -0.3 is 9.05 Å². The van der Waals surface area contributed by atoms with Crippen LogP contribution in [0.25, 0.3) is 5.57 Å².